The van der Waals surface area contributed by atoms with Crippen LogP contribution < -0.4 is 16.4 Å². The van der Waals surface area contributed by atoms with E-state index in [4.69, 9.17) is 23.1 Å². The fourth-order valence-corrected chi connectivity index (χ4v) is 2.78. The Balaban J connectivity index is 2.17. The van der Waals surface area contributed by atoms with E-state index in [-0.39, 0.29) is 11.8 Å². The third-order valence-corrected chi connectivity index (χ3v) is 3.81. The normalized spacial score (nSPS) is 16.9. The van der Waals surface area contributed by atoms with Crippen molar-refractivity contribution in [2.45, 2.75) is 19.4 Å². The number of halogens is 1. The molecule has 0 bridgehead atoms. The van der Waals surface area contributed by atoms with Gasteiger partial charge < -0.3 is 16.4 Å². The summed E-state index contributed by atoms with van der Waals surface area (Å²) in [5.74, 6) is -0.210. The van der Waals surface area contributed by atoms with Gasteiger partial charge in [0.05, 0.1) is 10.7 Å². The highest BCUT2D eigenvalue weighted by molar-refractivity contribution is 6.33. The molecule has 1 fully saturated rings. The minimum atomic E-state index is -0.201. The van der Waals surface area contributed by atoms with Gasteiger partial charge in [0.25, 0.3) is 0 Å². The molecule has 1 amide bonds. The number of nitrogens with zero attached hydrogens (tertiary/aromatic N) is 1. The molecule has 0 radical (unpaired) electrons. The first-order valence-corrected chi connectivity index (χ1v) is 6.53. The summed E-state index contributed by atoms with van der Waals surface area (Å²) in [6, 6.07) is 5.77. The molecule has 1 saturated heterocycles. The van der Waals surface area contributed by atoms with Gasteiger partial charge in [0, 0.05) is 25.6 Å². The van der Waals surface area contributed by atoms with Crippen molar-refractivity contribution in [3.05, 3.63) is 28.8 Å². The Bertz CT molecular complexity index is 442. The maximum Gasteiger partial charge on any atom is 0.220 e. The molecule has 1 aliphatic heterocycles. The molecule has 1 aromatic carbocycles. The van der Waals surface area contributed by atoms with E-state index in [1.165, 1.54) is 0 Å². The monoisotopic (exact) mass is 267 g/mol. The third-order valence-electron chi connectivity index (χ3n) is 3.50. The van der Waals surface area contributed by atoms with Crippen LogP contribution in [-0.2, 0) is 11.3 Å². The number of anilines is 1. The second-order valence-electron chi connectivity index (χ2n) is 4.62. The molecule has 0 spiro atoms. The van der Waals surface area contributed by atoms with Crippen LogP contribution in [-0.4, -0.2) is 19.0 Å². The predicted octanol–water partition coefficient (Wildman–Crippen LogP) is 1.50. The van der Waals surface area contributed by atoms with E-state index < -0.39 is 0 Å². The number of rotatable bonds is 3. The average molecular weight is 268 g/mol. The van der Waals surface area contributed by atoms with Gasteiger partial charge in [0.2, 0.25) is 5.91 Å². The zero-order chi connectivity index (χ0) is 13.1. The number of amides is 1. The van der Waals surface area contributed by atoms with Crippen LogP contribution in [0.4, 0.5) is 5.69 Å². The van der Waals surface area contributed by atoms with Crippen LogP contribution in [0.2, 0.25) is 5.02 Å². The van der Waals surface area contributed by atoms with Gasteiger partial charge in [-0.05, 0) is 24.5 Å². The number of carbonyl (C=O) groups excluding carboxylic acids is 1. The molecule has 0 atom stereocenters. The van der Waals surface area contributed by atoms with Gasteiger partial charge in [-0.1, -0.05) is 23.7 Å². The summed E-state index contributed by atoms with van der Waals surface area (Å²) in [6.07, 6.45) is 1.56. The van der Waals surface area contributed by atoms with E-state index in [1.54, 1.807) is 0 Å². The predicted molar refractivity (Wildman–Crippen MR) is 73.5 cm³/mol. The van der Waals surface area contributed by atoms with Crippen LogP contribution in [0.3, 0.4) is 0 Å². The van der Waals surface area contributed by atoms with Crippen molar-refractivity contribution in [2.24, 2.45) is 17.4 Å². The van der Waals surface area contributed by atoms with Gasteiger partial charge in [-0.2, -0.15) is 0 Å². The van der Waals surface area contributed by atoms with E-state index in [0.29, 0.717) is 6.54 Å². The molecule has 2 rings (SSSR count). The molecule has 0 unspecified atom stereocenters. The topological polar surface area (TPSA) is 72.3 Å². The van der Waals surface area contributed by atoms with E-state index in [9.17, 15) is 4.79 Å². The standard InChI is InChI=1S/C13H18ClN3O/c14-11-3-1-2-10(8-15)12(11)17-6-4-9(5-7-17)13(16)18/h1-3,9H,4-8,15H2,(H2,16,18). The lowest BCUT2D eigenvalue weighted by Crippen LogP contribution is -2.39. The Morgan fingerprint density at radius 2 is 2.06 bits per heavy atom. The highest BCUT2D eigenvalue weighted by Crippen LogP contribution is 2.32. The van der Waals surface area contributed by atoms with Crippen LogP contribution in [0.25, 0.3) is 0 Å². The van der Waals surface area contributed by atoms with E-state index >= 15 is 0 Å². The molecule has 5 heteroatoms. The summed E-state index contributed by atoms with van der Waals surface area (Å²) in [6.45, 7) is 2.06. The number of hydrogen-bond acceptors (Lipinski definition) is 3. The summed E-state index contributed by atoms with van der Waals surface area (Å²) in [5.41, 5.74) is 13.1. The first-order chi connectivity index (χ1) is 8.63. The average Bonchev–Trinajstić information content (AvgIpc) is 2.38. The Morgan fingerprint density at radius 1 is 1.39 bits per heavy atom. The van der Waals surface area contributed by atoms with Crippen molar-refractivity contribution in [1.82, 2.24) is 0 Å². The van der Waals surface area contributed by atoms with Crippen LogP contribution in [0.15, 0.2) is 18.2 Å². The largest absolute Gasteiger partial charge is 0.370 e. The van der Waals surface area contributed by atoms with Crippen LogP contribution in [0.1, 0.15) is 18.4 Å². The lowest BCUT2D eigenvalue weighted by atomic mass is 9.95. The molecule has 1 aliphatic rings. The second-order valence-corrected chi connectivity index (χ2v) is 5.02. The van der Waals surface area contributed by atoms with Gasteiger partial charge in [-0.15, -0.1) is 0 Å². The van der Waals surface area contributed by atoms with E-state index in [2.05, 4.69) is 4.90 Å². The van der Waals surface area contributed by atoms with Crippen LogP contribution >= 0.6 is 11.6 Å². The fraction of sp³-hybridized carbons (Fsp3) is 0.462. The smallest absolute Gasteiger partial charge is 0.220 e. The number of hydrogen-bond donors (Lipinski definition) is 2. The Labute approximate surface area is 112 Å². The maximum atomic E-state index is 11.1. The number of primary amides is 1. The highest BCUT2D eigenvalue weighted by atomic mass is 35.5. The molecule has 0 aliphatic carbocycles. The molecular weight excluding hydrogens is 250 g/mol. The first kappa shape index (κ1) is 13.2. The van der Waals surface area contributed by atoms with Gasteiger partial charge in [-0.25, -0.2) is 0 Å². The summed E-state index contributed by atoms with van der Waals surface area (Å²) in [7, 11) is 0. The van der Waals surface area contributed by atoms with Gasteiger partial charge >= 0.3 is 0 Å². The summed E-state index contributed by atoms with van der Waals surface area (Å²) >= 11 is 6.25. The lowest BCUT2D eigenvalue weighted by molar-refractivity contribution is -0.122. The zero-order valence-corrected chi connectivity index (χ0v) is 11.0. The van der Waals surface area contributed by atoms with Crippen LogP contribution in [0.5, 0.6) is 0 Å². The molecule has 98 valence electrons. The van der Waals surface area contributed by atoms with Crippen molar-refractivity contribution >= 4 is 23.2 Å². The zero-order valence-electron chi connectivity index (χ0n) is 10.2. The Kier molecular flexibility index (Phi) is 4.09. The summed E-state index contributed by atoms with van der Waals surface area (Å²) in [4.78, 5) is 13.3. The highest BCUT2D eigenvalue weighted by Gasteiger charge is 2.25. The number of benzene rings is 1. The van der Waals surface area contributed by atoms with Gasteiger partial charge in [0.1, 0.15) is 0 Å². The molecule has 1 aromatic rings. The number of nitrogens with two attached hydrogens (primary N) is 2. The Hall–Kier alpha value is -1.26. The van der Waals surface area contributed by atoms with Crippen molar-refractivity contribution in [2.75, 3.05) is 18.0 Å². The van der Waals surface area contributed by atoms with Gasteiger partial charge in [0.15, 0.2) is 0 Å². The van der Waals surface area contributed by atoms with E-state index in [0.717, 1.165) is 42.2 Å². The second kappa shape index (κ2) is 5.59. The SMILES string of the molecule is NCc1cccc(Cl)c1N1CCC(C(N)=O)CC1. The summed E-state index contributed by atoms with van der Waals surface area (Å²) < 4.78 is 0. The number of carbonyl (C=O) groups is 1. The third kappa shape index (κ3) is 2.60. The fourth-order valence-electron chi connectivity index (χ4n) is 2.47. The number of para-hydroxylation sites is 1. The molecule has 18 heavy (non-hydrogen) atoms. The first-order valence-electron chi connectivity index (χ1n) is 6.15. The number of piperidine rings is 1. The molecule has 4 nitrogen and oxygen atoms in total. The van der Waals surface area contributed by atoms with Crippen molar-refractivity contribution in [1.29, 1.82) is 0 Å². The lowest BCUT2D eigenvalue weighted by Gasteiger charge is -2.34. The molecule has 0 saturated carbocycles. The minimum Gasteiger partial charge on any atom is -0.370 e. The molecule has 0 aromatic heterocycles. The quantitative estimate of drug-likeness (QED) is 0.872. The van der Waals surface area contributed by atoms with Gasteiger partial charge in [-0.3, -0.25) is 4.79 Å². The molecular formula is C13H18ClN3O. The summed E-state index contributed by atoms with van der Waals surface area (Å²) in [5, 5.41) is 0.718. The molecule has 1 heterocycles. The van der Waals surface area contributed by atoms with Crippen molar-refractivity contribution in [3.8, 4) is 0 Å². The van der Waals surface area contributed by atoms with Crippen LogP contribution in [0, 0.1) is 5.92 Å². The molecule has 4 N–H and O–H groups in total. The Morgan fingerprint density at radius 3 is 2.61 bits per heavy atom. The van der Waals surface area contributed by atoms with Crippen molar-refractivity contribution < 1.29 is 4.79 Å². The maximum absolute atomic E-state index is 11.1. The minimum absolute atomic E-state index is 0.00920. The van der Waals surface area contributed by atoms with Crippen molar-refractivity contribution in [3.63, 3.8) is 0 Å². The van der Waals surface area contributed by atoms with E-state index in [1.807, 2.05) is 18.2 Å².